The molecule has 19 heavy (non-hydrogen) atoms. The molecular formula is C14H19NO3S. The molecule has 5 heteroatoms. The van der Waals surface area contributed by atoms with E-state index in [9.17, 15) is 13.5 Å². The van der Waals surface area contributed by atoms with Gasteiger partial charge in [-0.15, -0.1) is 0 Å². The standard InChI is InChI=1S/C14H19NO3S/c1-10(16)12-3-6-14(7-4-12)19(17,18)15-9-11-2-5-13(15)8-11/h3-4,6-7,10-11,13,16H,2,5,8-9H2,1H3. The molecule has 0 aromatic heterocycles. The summed E-state index contributed by atoms with van der Waals surface area (Å²) in [5, 5.41) is 9.45. The molecule has 3 atom stereocenters. The highest BCUT2D eigenvalue weighted by Gasteiger charge is 2.44. The highest BCUT2D eigenvalue weighted by atomic mass is 32.2. The fourth-order valence-corrected chi connectivity index (χ4v) is 4.97. The maximum Gasteiger partial charge on any atom is 0.243 e. The van der Waals surface area contributed by atoms with Gasteiger partial charge in [0.1, 0.15) is 0 Å². The van der Waals surface area contributed by atoms with Crippen molar-refractivity contribution in [2.45, 2.75) is 43.2 Å². The van der Waals surface area contributed by atoms with Crippen LogP contribution < -0.4 is 0 Å². The van der Waals surface area contributed by atoms with Gasteiger partial charge in [-0.1, -0.05) is 12.1 Å². The van der Waals surface area contributed by atoms with E-state index in [0.29, 0.717) is 17.4 Å². The number of hydrogen-bond donors (Lipinski definition) is 1. The molecule has 2 fully saturated rings. The van der Waals surface area contributed by atoms with Crippen molar-refractivity contribution in [1.82, 2.24) is 4.31 Å². The van der Waals surface area contributed by atoms with Gasteiger partial charge in [-0.2, -0.15) is 4.31 Å². The highest BCUT2D eigenvalue weighted by Crippen LogP contribution is 2.40. The average molecular weight is 281 g/mol. The summed E-state index contributed by atoms with van der Waals surface area (Å²) in [7, 11) is -3.36. The molecule has 2 aliphatic rings. The van der Waals surface area contributed by atoms with E-state index < -0.39 is 16.1 Å². The molecule has 1 heterocycles. The maximum atomic E-state index is 12.6. The molecule has 0 radical (unpaired) electrons. The summed E-state index contributed by atoms with van der Waals surface area (Å²) in [6.07, 6.45) is 2.61. The first-order valence-electron chi connectivity index (χ1n) is 6.78. The first-order chi connectivity index (χ1) is 8.98. The Bertz CT molecular complexity index is 565. The molecule has 2 bridgehead atoms. The van der Waals surface area contributed by atoms with Crippen molar-refractivity contribution in [3.63, 3.8) is 0 Å². The normalized spacial score (nSPS) is 28.7. The van der Waals surface area contributed by atoms with Crippen molar-refractivity contribution in [2.24, 2.45) is 5.92 Å². The summed E-state index contributed by atoms with van der Waals surface area (Å²) in [6.45, 7) is 2.34. The minimum absolute atomic E-state index is 0.200. The zero-order valence-corrected chi connectivity index (χ0v) is 11.8. The maximum absolute atomic E-state index is 12.6. The predicted octanol–water partition coefficient (Wildman–Crippen LogP) is 1.91. The van der Waals surface area contributed by atoms with Gasteiger partial charge in [-0.05, 0) is 49.8 Å². The molecule has 1 saturated heterocycles. The monoisotopic (exact) mass is 281 g/mol. The Balaban J connectivity index is 1.88. The lowest BCUT2D eigenvalue weighted by atomic mass is 10.1. The quantitative estimate of drug-likeness (QED) is 0.920. The number of sulfonamides is 1. The Hall–Kier alpha value is -0.910. The number of rotatable bonds is 3. The van der Waals surface area contributed by atoms with Gasteiger partial charge < -0.3 is 5.11 Å². The van der Waals surface area contributed by atoms with E-state index in [0.717, 1.165) is 24.8 Å². The number of aliphatic hydroxyl groups excluding tert-OH is 1. The highest BCUT2D eigenvalue weighted by molar-refractivity contribution is 7.89. The largest absolute Gasteiger partial charge is 0.389 e. The smallest absolute Gasteiger partial charge is 0.243 e. The van der Waals surface area contributed by atoms with Crippen molar-refractivity contribution in [1.29, 1.82) is 0 Å². The topological polar surface area (TPSA) is 57.6 Å². The van der Waals surface area contributed by atoms with Crippen LogP contribution in [0.2, 0.25) is 0 Å². The van der Waals surface area contributed by atoms with E-state index in [1.54, 1.807) is 35.5 Å². The number of benzene rings is 1. The van der Waals surface area contributed by atoms with Crippen molar-refractivity contribution in [3.8, 4) is 0 Å². The van der Waals surface area contributed by atoms with Gasteiger partial charge in [0.05, 0.1) is 11.0 Å². The van der Waals surface area contributed by atoms with Crippen LogP contribution >= 0.6 is 0 Å². The summed E-state index contributed by atoms with van der Waals surface area (Å²) < 4.78 is 26.8. The second kappa shape index (κ2) is 4.58. The number of hydrogen-bond acceptors (Lipinski definition) is 3. The van der Waals surface area contributed by atoms with Gasteiger partial charge >= 0.3 is 0 Å². The molecule has 1 aliphatic carbocycles. The summed E-state index contributed by atoms with van der Waals surface area (Å²) in [5.74, 6) is 0.552. The Kier molecular flexibility index (Phi) is 3.15. The minimum atomic E-state index is -3.36. The fourth-order valence-electron chi connectivity index (χ4n) is 3.23. The number of nitrogens with zero attached hydrogens (tertiary/aromatic N) is 1. The van der Waals surface area contributed by atoms with Gasteiger partial charge in [-0.3, -0.25) is 0 Å². The molecule has 1 saturated carbocycles. The van der Waals surface area contributed by atoms with Gasteiger partial charge in [0.15, 0.2) is 0 Å². The third kappa shape index (κ3) is 2.20. The van der Waals surface area contributed by atoms with Crippen LogP contribution in [0.3, 0.4) is 0 Å². The van der Waals surface area contributed by atoms with Crippen LogP contribution in [-0.4, -0.2) is 30.4 Å². The lowest BCUT2D eigenvalue weighted by molar-refractivity contribution is 0.199. The molecule has 0 amide bonds. The van der Waals surface area contributed by atoms with Gasteiger partial charge in [0, 0.05) is 12.6 Å². The molecule has 3 rings (SSSR count). The van der Waals surface area contributed by atoms with E-state index in [2.05, 4.69) is 0 Å². The van der Waals surface area contributed by atoms with Crippen molar-refractivity contribution in [3.05, 3.63) is 29.8 Å². The van der Waals surface area contributed by atoms with E-state index in [1.165, 1.54) is 0 Å². The molecule has 4 nitrogen and oxygen atoms in total. The molecular weight excluding hydrogens is 262 g/mol. The molecule has 1 aromatic carbocycles. The number of aliphatic hydroxyl groups is 1. The van der Waals surface area contributed by atoms with Gasteiger partial charge in [0.2, 0.25) is 10.0 Å². The van der Waals surface area contributed by atoms with E-state index >= 15 is 0 Å². The third-order valence-electron chi connectivity index (χ3n) is 4.33. The molecule has 1 N–H and O–H groups in total. The summed E-state index contributed by atoms with van der Waals surface area (Å²) >= 11 is 0. The second-order valence-corrected chi connectivity index (χ2v) is 7.54. The van der Waals surface area contributed by atoms with Gasteiger partial charge in [0.25, 0.3) is 0 Å². The Morgan fingerprint density at radius 2 is 1.95 bits per heavy atom. The van der Waals surface area contributed by atoms with Crippen LogP contribution in [0, 0.1) is 5.92 Å². The van der Waals surface area contributed by atoms with Crippen molar-refractivity contribution >= 4 is 10.0 Å². The van der Waals surface area contributed by atoms with Crippen molar-refractivity contribution < 1.29 is 13.5 Å². The number of fused-ring (bicyclic) bond motifs is 2. The molecule has 1 aliphatic heterocycles. The average Bonchev–Trinajstić information content (AvgIpc) is 3.01. The summed E-state index contributed by atoms with van der Waals surface area (Å²) in [4.78, 5) is 0.337. The molecule has 3 unspecified atom stereocenters. The van der Waals surface area contributed by atoms with E-state index in [1.807, 2.05) is 0 Å². The van der Waals surface area contributed by atoms with Crippen LogP contribution in [-0.2, 0) is 10.0 Å². The van der Waals surface area contributed by atoms with Crippen LogP contribution in [0.1, 0.15) is 37.9 Å². The summed E-state index contributed by atoms with van der Waals surface area (Å²) in [6, 6.07) is 6.77. The van der Waals surface area contributed by atoms with Crippen LogP contribution in [0.25, 0.3) is 0 Å². The summed E-state index contributed by atoms with van der Waals surface area (Å²) in [5.41, 5.74) is 0.738. The third-order valence-corrected chi connectivity index (χ3v) is 6.26. The SMILES string of the molecule is CC(O)c1ccc(S(=O)(=O)N2CC3CCC2C3)cc1. The first-order valence-corrected chi connectivity index (χ1v) is 8.22. The van der Waals surface area contributed by atoms with E-state index in [4.69, 9.17) is 0 Å². The van der Waals surface area contributed by atoms with Crippen LogP contribution in [0.5, 0.6) is 0 Å². The first kappa shape index (κ1) is 13.1. The van der Waals surface area contributed by atoms with E-state index in [-0.39, 0.29) is 6.04 Å². The number of piperidine rings is 1. The predicted molar refractivity (Wildman–Crippen MR) is 72.1 cm³/mol. The molecule has 0 spiro atoms. The Morgan fingerprint density at radius 1 is 1.26 bits per heavy atom. The van der Waals surface area contributed by atoms with Gasteiger partial charge in [-0.25, -0.2) is 8.42 Å². The minimum Gasteiger partial charge on any atom is -0.389 e. The molecule has 1 aromatic rings. The molecule has 104 valence electrons. The van der Waals surface area contributed by atoms with Crippen LogP contribution in [0.15, 0.2) is 29.2 Å². The van der Waals surface area contributed by atoms with Crippen molar-refractivity contribution in [2.75, 3.05) is 6.54 Å². The lowest BCUT2D eigenvalue weighted by Crippen LogP contribution is -2.37. The zero-order valence-electron chi connectivity index (χ0n) is 11.0. The zero-order chi connectivity index (χ0) is 13.6. The second-order valence-electron chi connectivity index (χ2n) is 5.65. The Labute approximate surface area is 114 Å². The Morgan fingerprint density at radius 3 is 2.42 bits per heavy atom. The lowest BCUT2D eigenvalue weighted by Gasteiger charge is -2.26. The fraction of sp³-hybridized carbons (Fsp3) is 0.571. The van der Waals surface area contributed by atoms with Crippen LogP contribution in [0.4, 0.5) is 0 Å².